The first kappa shape index (κ1) is 10.9. The van der Waals surface area contributed by atoms with Crippen LogP contribution in [0.5, 0.6) is 5.75 Å². The van der Waals surface area contributed by atoms with Gasteiger partial charge in [-0.15, -0.1) is 0 Å². The van der Waals surface area contributed by atoms with Crippen LogP contribution in [0.3, 0.4) is 0 Å². The third-order valence-electron chi connectivity index (χ3n) is 3.41. The summed E-state index contributed by atoms with van der Waals surface area (Å²) in [6.07, 6.45) is 6.95. The van der Waals surface area contributed by atoms with Crippen molar-refractivity contribution in [3.63, 3.8) is 0 Å². The number of nitrogens with zero attached hydrogens (tertiary/aromatic N) is 1. The number of hydrogen-bond donors (Lipinski definition) is 2. The quantitative estimate of drug-likeness (QED) is 0.817. The molecule has 1 heterocycles. The van der Waals surface area contributed by atoms with E-state index in [0.717, 1.165) is 25.7 Å². The summed E-state index contributed by atoms with van der Waals surface area (Å²) in [5.41, 5.74) is 0.252. The van der Waals surface area contributed by atoms with Gasteiger partial charge in [-0.25, -0.2) is 0 Å². The fraction of sp³-hybridized carbons (Fsp3) is 0.500. The largest absolute Gasteiger partial charge is 0.505 e. The summed E-state index contributed by atoms with van der Waals surface area (Å²) in [5.74, 6) is -0.271. The summed E-state index contributed by atoms with van der Waals surface area (Å²) < 4.78 is 0. The summed E-state index contributed by atoms with van der Waals surface area (Å²) in [7, 11) is 0. The van der Waals surface area contributed by atoms with Crippen molar-refractivity contribution < 1.29 is 9.90 Å². The van der Waals surface area contributed by atoms with Crippen LogP contribution in [0.25, 0.3) is 0 Å². The van der Waals surface area contributed by atoms with E-state index in [4.69, 9.17) is 0 Å². The molecule has 0 bridgehead atoms. The highest BCUT2D eigenvalue weighted by atomic mass is 16.3. The van der Waals surface area contributed by atoms with Crippen LogP contribution in [-0.4, -0.2) is 21.5 Å². The first-order chi connectivity index (χ1) is 7.67. The Bertz CT molecular complexity index is 394. The van der Waals surface area contributed by atoms with Crippen molar-refractivity contribution in [2.75, 3.05) is 0 Å². The normalized spacial score (nSPS) is 17.6. The van der Waals surface area contributed by atoms with E-state index in [1.165, 1.54) is 18.5 Å². The molecule has 4 heteroatoms. The maximum atomic E-state index is 11.9. The van der Waals surface area contributed by atoms with Gasteiger partial charge in [0, 0.05) is 11.7 Å². The SMILES string of the molecule is CCC1(NC(=O)c2ccncc2O)CCC1. The van der Waals surface area contributed by atoms with Crippen molar-refractivity contribution in [2.45, 2.75) is 38.1 Å². The average molecular weight is 220 g/mol. The predicted molar refractivity (Wildman–Crippen MR) is 60.2 cm³/mol. The molecule has 0 unspecified atom stereocenters. The highest BCUT2D eigenvalue weighted by Gasteiger charge is 2.36. The van der Waals surface area contributed by atoms with Crippen molar-refractivity contribution in [1.82, 2.24) is 10.3 Å². The topological polar surface area (TPSA) is 62.2 Å². The number of aromatic hydroxyl groups is 1. The van der Waals surface area contributed by atoms with Crippen molar-refractivity contribution in [2.24, 2.45) is 0 Å². The third-order valence-corrected chi connectivity index (χ3v) is 3.41. The monoisotopic (exact) mass is 220 g/mol. The number of amides is 1. The van der Waals surface area contributed by atoms with Gasteiger partial charge in [0.2, 0.25) is 0 Å². The van der Waals surface area contributed by atoms with Crippen molar-refractivity contribution in [3.05, 3.63) is 24.0 Å². The molecule has 0 saturated heterocycles. The molecule has 1 saturated carbocycles. The Morgan fingerprint density at radius 1 is 1.62 bits per heavy atom. The number of nitrogens with one attached hydrogen (secondary N) is 1. The van der Waals surface area contributed by atoms with Crippen LogP contribution in [0, 0.1) is 0 Å². The number of aromatic nitrogens is 1. The molecule has 1 aromatic heterocycles. The lowest BCUT2D eigenvalue weighted by molar-refractivity contribution is 0.0817. The maximum absolute atomic E-state index is 11.9. The zero-order valence-corrected chi connectivity index (χ0v) is 9.36. The van der Waals surface area contributed by atoms with Gasteiger partial charge in [-0.3, -0.25) is 9.78 Å². The minimum absolute atomic E-state index is 0.0488. The van der Waals surface area contributed by atoms with Gasteiger partial charge in [0.05, 0.1) is 11.8 Å². The zero-order valence-electron chi connectivity index (χ0n) is 9.36. The van der Waals surface area contributed by atoms with Gasteiger partial charge >= 0.3 is 0 Å². The molecule has 1 amide bonds. The highest BCUT2D eigenvalue weighted by molar-refractivity contribution is 5.97. The third kappa shape index (κ3) is 1.87. The molecule has 2 N–H and O–H groups in total. The van der Waals surface area contributed by atoms with E-state index in [1.807, 2.05) is 0 Å². The Morgan fingerprint density at radius 2 is 2.38 bits per heavy atom. The molecular weight excluding hydrogens is 204 g/mol. The van der Waals surface area contributed by atoms with Crippen LogP contribution < -0.4 is 5.32 Å². The summed E-state index contributed by atoms with van der Waals surface area (Å²) >= 11 is 0. The molecule has 1 fully saturated rings. The lowest BCUT2D eigenvalue weighted by Crippen LogP contribution is -2.52. The molecule has 0 atom stereocenters. The molecule has 0 radical (unpaired) electrons. The maximum Gasteiger partial charge on any atom is 0.255 e. The second-order valence-corrected chi connectivity index (χ2v) is 4.33. The summed E-state index contributed by atoms with van der Waals surface area (Å²) in [6, 6.07) is 1.53. The van der Waals surface area contributed by atoms with E-state index in [-0.39, 0.29) is 17.2 Å². The van der Waals surface area contributed by atoms with Crippen LogP contribution in [-0.2, 0) is 0 Å². The van der Waals surface area contributed by atoms with Crippen LogP contribution in [0.4, 0.5) is 0 Å². The number of rotatable bonds is 3. The number of hydrogen-bond acceptors (Lipinski definition) is 3. The van der Waals surface area contributed by atoms with Crippen molar-refractivity contribution >= 4 is 5.91 Å². The van der Waals surface area contributed by atoms with Crippen LogP contribution >= 0.6 is 0 Å². The molecule has 1 aliphatic rings. The van der Waals surface area contributed by atoms with Gasteiger partial charge < -0.3 is 10.4 Å². The van der Waals surface area contributed by atoms with E-state index in [2.05, 4.69) is 17.2 Å². The predicted octanol–water partition coefficient (Wildman–Crippen LogP) is 1.85. The smallest absolute Gasteiger partial charge is 0.255 e. The van der Waals surface area contributed by atoms with E-state index < -0.39 is 0 Å². The molecule has 4 nitrogen and oxygen atoms in total. The first-order valence-corrected chi connectivity index (χ1v) is 5.62. The second kappa shape index (κ2) is 4.12. The fourth-order valence-corrected chi connectivity index (χ4v) is 2.06. The lowest BCUT2D eigenvalue weighted by Gasteiger charge is -2.42. The van der Waals surface area contributed by atoms with E-state index in [9.17, 15) is 9.90 Å². The standard InChI is InChI=1S/C12H16N2O2/c1-2-12(5-3-6-12)14-11(16)9-4-7-13-8-10(9)15/h4,7-8,15H,2-3,5-6H2,1H3,(H,14,16). The molecule has 1 aromatic rings. The average Bonchev–Trinajstić information content (AvgIpc) is 2.24. The second-order valence-electron chi connectivity index (χ2n) is 4.33. The van der Waals surface area contributed by atoms with Crippen LogP contribution in [0.2, 0.25) is 0 Å². The highest BCUT2D eigenvalue weighted by Crippen LogP contribution is 2.35. The first-order valence-electron chi connectivity index (χ1n) is 5.62. The summed E-state index contributed by atoms with van der Waals surface area (Å²) in [5, 5.41) is 12.5. The van der Waals surface area contributed by atoms with E-state index in [0.29, 0.717) is 5.56 Å². The van der Waals surface area contributed by atoms with Gasteiger partial charge in [-0.1, -0.05) is 6.92 Å². The molecule has 2 rings (SSSR count). The van der Waals surface area contributed by atoms with Crippen molar-refractivity contribution in [1.29, 1.82) is 0 Å². The van der Waals surface area contributed by atoms with Gasteiger partial charge in [-0.05, 0) is 31.7 Å². The molecule has 86 valence electrons. The number of carbonyl (C=O) groups excluding carboxylic acids is 1. The van der Waals surface area contributed by atoms with Gasteiger partial charge in [-0.2, -0.15) is 0 Å². The number of pyridine rings is 1. The Morgan fingerprint density at radius 3 is 2.88 bits per heavy atom. The van der Waals surface area contributed by atoms with Gasteiger partial charge in [0.15, 0.2) is 0 Å². The minimum atomic E-state index is -0.207. The Balaban J connectivity index is 2.11. The van der Waals surface area contributed by atoms with Gasteiger partial charge in [0.1, 0.15) is 5.75 Å². The minimum Gasteiger partial charge on any atom is -0.505 e. The fourth-order valence-electron chi connectivity index (χ4n) is 2.06. The lowest BCUT2D eigenvalue weighted by atomic mass is 9.74. The Hall–Kier alpha value is -1.58. The molecule has 1 aliphatic carbocycles. The summed E-state index contributed by atoms with van der Waals surface area (Å²) in [4.78, 5) is 15.7. The number of carbonyl (C=O) groups is 1. The van der Waals surface area contributed by atoms with Crippen molar-refractivity contribution in [3.8, 4) is 5.75 Å². The van der Waals surface area contributed by atoms with E-state index in [1.54, 1.807) is 0 Å². The van der Waals surface area contributed by atoms with Gasteiger partial charge in [0.25, 0.3) is 5.91 Å². The zero-order chi connectivity index (χ0) is 11.6. The summed E-state index contributed by atoms with van der Waals surface area (Å²) in [6.45, 7) is 2.08. The van der Waals surface area contributed by atoms with Crippen LogP contribution in [0.15, 0.2) is 18.5 Å². The molecule has 0 spiro atoms. The van der Waals surface area contributed by atoms with E-state index >= 15 is 0 Å². The Kier molecular flexibility index (Phi) is 2.81. The Labute approximate surface area is 94.7 Å². The molecule has 0 aliphatic heterocycles. The molecule has 0 aromatic carbocycles. The molecule has 16 heavy (non-hydrogen) atoms. The molecular formula is C12H16N2O2. The van der Waals surface area contributed by atoms with Crippen LogP contribution in [0.1, 0.15) is 43.0 Å².